The molecular weight excluding hydrogens is 396 g/mol. The number of methoxy groups -OCH3 is 1. The van der Waals surface area contributed by atoms with Gasteiger partial charge in [0.25, 0.3) is 11.7 Å². The Hall–Kier alpha value is -4.13. The van der Waals surface area contributed by atoms with E-state index >= 15 is 0 Å². The van der Waals surface area contributed by atoms with Gasteiger partial charge in [0.15, 0.2) is 0 Å². The van der Waals surface area contributed by atoms with Gasteiger partial charge in [0.2, 0.25) is 0 Å². The second-order valence-corrected chi connectivity index (χ2v) is 7.13. The molecule has 2 aromatic carbocycles. The summed E-state index contributed by atoms with van der Waals surface area (Å²) in [7, 11) is 1.54. The van der Waals surface area contributed by atoms with Crippen molar-refractivity contribution in [1.82, 2.24) is 4.98 Å². The number of anilines is 1. The molecule has 7 heteroatoms. The van der Waals surface area contributed by atoms with Crippen LogP contribution in [-0.2, 0) is 9.59 Å². The number of benzene rings is 2. The Bertz CT molecular complexity index is 1200. The minimum atomic E-state index is -0.955. The summed E-state index contributed by atoms with van der Waals surface area (Å²) >= 11 is 0. The summed E-state index contributed by atoms with van der Waals surface area (Å²) in [4.78, 5) is 31.4. The maximum absolute atomic E-state index is 13.1. The highest BCUT2D eigenvalue weighted by molar-refractivity contribution is 6.51. The zero-order chi connectivity index (χ0) is 22.1. The van der Waals surface area contributed by atoms with Gasteiger partial charge in [0.1, 0.15) is 17.3 Å². The molecule has 4 rings (SSSR count). The lowest BCUT2D eigenvalue weighted by Crippen LogP contribution is -2.29. The van der Waals surface area contributed by atoms with Gasteiger partial charge >= 0.3 is 0 Å². The average Bonchev–Trinajstić information content (AvgIpc) is 3.04. The quantitative estimate of drug-likeness (QED) is 0.382. The lowest BCUT2D eigenvalue weighted by molar-refractivity contribution is -0.132. The van der Waals surface area contributed by atoms with Crippen LogP contribution in [0.1, 0.15) is 22.7 Å². The van der Waals surface area contributed by atoms with Crippen molar-refractivity contribution in [3.8, 4) is 11.5 Å². The van der Waals surface area contributed by atoms with E-state index in [4.69, 9.17) is 4.74 Å². The van der Waals surface area contributed by atoms with Crippen LogP contribution in [0.3, 0.4) is 0 Å². The number of phenolic OH excluding ortho intramolecular Hbond substituents is 1. The van der Waals surface area contributed by atoms with Crippen LogP contribution in [0.15, 0.2) is 72.6 Å². The Morgan fingerprint density at radius 1 is 1.10 bits per heavy atom. The topological polar surface area (TPSA) is 100.0 Å². The van der Waals surface area contributed by atoms with E-state index in [2.05, 4.69) is 4.98 Å². The standard InChI is InChI=1S/C24H20N2O5/c1-14-12-16(31-2)9-10-17(14)22(28)20-21(15-6-5-11-25-13-15)26(24(30)23(20)29)18-7-3-4-8-19(18)27/h3-13,21,27-28H,1-2H3/b22-20-. The predicted octanol–water partition coefficient (Wildman–Crippen LogP) is 3.73. The van der Waals surface area contributed by atoms with Gasteiger partial charge in [-0.1, -0.05) is 18.2 Å². The second kappa shape index (κ2) is 7.95. The lowest BCUT2D eigenvalue weighted by Gasteiger charge is -2.25. The summed E-state index contributed by atoms with van der Waals surface area (Å²) in [6.07, 6.45) is 3.10. The number of ether oxygens (including phenoxy) is 1. The molecule has 1 aromatic heterocycles. The molecule has 0 bridgehead atoms. The number of aliphatic hydroxyl groups excluding tert-OH is 1. The number of carbonyl (C=O) groups excluding carboxylic acids is 2. The van der Waals surface area contributed by atoms with Crippen molar-refractivity contribution in [3.05, 3.63) is 89.3 Å². The van der Waals surface area contributed by atoms with E-state index in [0.717, 1.165) is 0 Å². The number of carbonyl (C=O) groups is 2. The van der Waals surface area contributed by atoms with Crippen LogP contribution in [0.2, 0.25) is 0 Å². The number of para-hydroxylation sites is 2. The first-order chi connectivity index (χ1) is 14.9. The molecular formula is C24H20N2O5. The Kier molecular flexibility index (Phi) is 5.17. The molecule has 3 aromatic rings. The molecule has 0 saturated carbocycles. The number of ketones is 1. The highest BCUT2D eigenvalue weighted by Crippen LogP contribution is 2.44. The van der Waals surface area contributed by atoms with E-state index in [-0.39, 0.29) is 22.8 Å². The zero-order valence-corrected chi connectivity index (χ0v) is 16.9. The Morgan fingerprint density at radius 3 is 2.52 bits per heavy atom. The van der Waals surface area contributed by atoms with Gasteiger partial charge in [-0.3, -0.25) is 19.5 Å². The van der Waals surface area contributed by atoms with E-state index in [9.17, 15) is 19.8 Å². The van der Waals surface area contributed by atoms with Crippen LogP contribution >= 0.6 is 0 Å². The van der Waals surface area contributed by atoms with Crippen molar-refractivity contribution in [1.29, 1.82) is 0 Å². The number of amides is 1. The molecule has 1 atom stereocenters. The maximum Gasteiger partial charge on any atom is 0.300 e. The van der Waals surface area contributed by atoms with Crippen molar-refractivity contribution in [2.45, 2.75) is 13.0 Å². The van der Waals surface area contributed by atoms with Gasteiger partial charge in [-0.2, -0.15) is 0 Å². The fraction of sp³-hybridized carbons (Fsp3) is 0.125. The SMILES string of the molecule is COc1ccc(/C(O)=C2/C(=O)C(=O)N(c3ccccc3O)C2c2cccnc2)c(C)c1. The molecule has 1 amide bonds. The van der Waals surface area contributed by atoms with Gasteiger partial charge in [-0.25, -0.2) is 0 Å². The molecule has 2 N–H and O–H groups in total. The van der Waals surface area contributed by atoms with Gasteiger partial charge < -0.3 is 14.9 Å². The van der Waals surface area contributed by atoms with E-state index in [1.165, 1.54) is 24.3 Å². The first-order valence-corrected chi connectivity index (χ1v) is 9.58. The molecule has 1 aliphatic heterocycles. The fourth-order valence-corrected chi connectivity index (χ4v) is 3.78. The highest BCUT2D eigenvalue weighted by atomic mass is 16.5. The molecule has 0 radical (unpaired) electrons. The molecule has 7 nitrogen and oxygen atoms in total. The third-order valence-corrected chi connectivity index (χ3v) is 5.27. The number of nitrogens with zero attached hydrogens (tertiary/aromatic N) is 2. The van der Waals surface area contributed by atoms with Crippen LogP contribution in [0.4, 0.5) is 5.69 Å². The number of Topliss-reactive ketones (excluding diaryl/α,β-unsaturated/α-hetero) is 1. The number of pyridine rings is 1. The smallest absolute Gasteiger partial charge is 0.300 e. The first kappa shape index (κ1) is 20.2. The molecule has 0 aliphatic carbocycles. The third kappa shape index (κ3) is 3.40. The zero-order valence-electron chi connectivity index (χ0n) is 16.9. The number of aromatic hydroxyl groups is 1. The van der Waals surface area contributed by atoms with Crippen LogP contribution < -0.4 is 9.64 Å². The van der Waals surface area contributed by atoms with E-state index in [1.54, 1.807) is 61.7 Å². The molecule has 1 saturated heterocycles. The molecule has 0 spiro atoms. The average molecular weight is 416 g/mol. The van der Waals surface area contributed by atoms with Crippen LogP contribution in [-0.4, -0.2) is 34.0 Å². The summed E-state index contributed by atoms with van der Waals surface area (Å²) in [6, 6.07) is 13.7. The van der Waals surface area contributed by atoms with E-state index in [0.29, 0.717) is 22.4 Å². The first-order valence-electron chi connectivity index (χ1n) is 9.58. The summed E-state index contributed by atoms with van der Waals surface area (Å²) < 4.78 is 5.21. The molecule has 1 aliphatic rings. The number of aryl methyl sites for hydroxylation is 1. The highest BCUT2D eigenvalue weighted by Gasteiger charge is 2.47. The number of aliphatic hydroxyl groups is 1. The van der Waals surface area contributed by atoms with Crippen LogP contribution in [0, 0.1) is 6.92 Å². The van der Waals surface area contributed by atoms with E-state index < -0.39 is 17.7 Å². The van der Waals surface area contributed by atoms with Crippen molar-refractivity contribution < 1.29 is 24.5 Å². The maximum atomic E-state index is 13.1. The van der Waals surface area contributed by atoms with Crippen molar-refractivity contribution >= 4 is 23.1 Å². The molecule has 1 unspecified atom stereocenters. The largest absolute Gasteiger partial charge is 0.507 e. The fourth-order valence-electron chi connectivity index (χ4n) is 3.78. The minimum Gasteiger partial charge on any atom is -0.507 e. The number of aromatic nitrogens is 1. The van der Waals surface area contributed by atoms with Gasteiger partial charge in [-0.15, -0.1) is 0 Å². The molecule has 1 fully saturated rings. The number of rotatable bonds is 4. The van der Waals surface area contributed by atoms with Crippen molar-refractivity contribution in [2.75, 3.05) is 12.0 Å². The Labute approximate surface area is 178 Å². The summed E-state index contributed by atoms with van der Waals surface area (Å²) in [6.45, 7) is 1.77. The Morgan fingerprint density at radius 2 is 1.87 bits per heavy atom. The number of hydrogen-bond acceptors (Lipinski definition) is 6. The van der Waals surface area contributed by atoms with Gasteiger partial charge in [0.05, 0.1) is 24.4 Å². The predicted molar refractivity (Wildman–Crippen MR) is 115 cm³/mol. The summed E-state index contributed by atoms with van der Waals surface area (Å²) in [5, 5.41) is 21.5. The van der Waals surface area contributed by atoms with Gasteiger partial charge in [-0.05, 0) is 54.4 Å². The normalized spacial score (nSPS) is 17.7. The van der Waals surface area contributed by atoms with Crippen LogP contribution in [0.5, 0.6) is 11.5 Å². The minimum absolute atomic E-state index is 0.0745. The lowest BCUT2D eigenvalue weighted by atomic mass is 9.94. The summed E-state index contributed by atoms with van der Waals surface area (Å²) in [5.74, 6) is -1.54. The van der Waals surface area contributed by atoms with Crippen molar-refractivity contribution in [3.63, 3.8) is 0 Å². The van der Waals surface area contributed by atoms with Crippen molar-refractivity contribution in [2.24, 2.45) is 0 Å². The number of hydrogen-bond donors (Lipinski definition) is 2. The molecule has 31 heavy (non-hydrogen) atoms. The van der Waals surface area contributed by atoms with Gasteiger partial charge in [0, 0.05) is 18.0 Å². The molecule has 2 heterocycles. The number of phenols is 1. The molecule has 156 valence electrons. The Balaban J connectivity index is 1.96. The third-order valence-electron chi connectivity index (χ3n) is 5.27. The monoisotopic (exact) mass is 416 g/mol. The van der Waals surface area contributed by atoms with Crippen LogP contribution in [0.25, 0.3) is 5.76 Å². The summed E-state index contributed by atoms with van der Waals surface area (Å²) in [5.41, 5.74) is 1.71. The second-order valence-electron chi connectivity index (χ2n) is 7.13. The van der Waals surface area contributed by atoms with E-state index in [1.807, 2.05) is 0 Å².